The van der Waals surface area contributed by atoms with Crippen molar-refractivity contribution in [2.24, 2.45) is 0 Å². The molecule has 0 amide bonds. The number of hydrogen-bond donors (Lipinski definition) is 0. The van der Waals surface area contributed by atoms with Crippen molar-refractivity contribution in [3.05, 3.63) is 60.2 Å². The molecule has 0 aliphatic heterocycles. The molecule has 0 spiro atoms. The molecule has 1 aliphatic carbocycles. The van der Waals surface area contributed by atoms with Crippen molar-refractivity contribution in [1.82, 2.24) is 0 Å². The maximum Gasteiger partial charge on any atom is 0.127 e. The summed E-state index contributed by atoms with van der Waals surface area (Å²) in [5, 5.41) is 0. The van der Waals surface area contributed by atoms with Gasteiger partial charge >= 0.3 is 0 Å². The van der Waals surface area contributed by atoms with Gasteiger partial charge < -0.3 is 4.74 Å². The minimum atomic E-state index is 0.759. The molecule has 0 bridgehead atoms. The van der Waals surface area contributed by atoms with Crippen molar-refractivity contribution in [1.29, 1.82) is 0 Å². The highest BCUT2D eigenvalue weighted by Gasteiger charge is 2.19. The third-order valence-corrected chi connectivity index (χ3v) is 3.41. The van der Waals surface area contributed by atoms with Crippen LogP contribution < -0.4 is 4.74 Å². The molecule has 0 radical (unpaired) electrons. The van der Waals surface area contributed by atoms with Crippen LogP contribution in [-0.4, -0.2) is 0 Å². The zero-order valence-corrected chi connectivity index (χ0v) is 9.80. The monoisotopic (exact) mass is 224 g/mol. The minimum Gasteiger partial charge on any atom is -0.457 e. The van der Waals surface area contributed by atoms with Crippen LogP contribution >= 0.6 is 0 Å². The Kier molecular flexibility index (Phi) is 2.83. The summed E-state index contributed by atoms with van der Waals surface area (Å²) >= 11 is 0. The molecule has 3 rings (SSSR count). The van der Waals surface area contributed by atoms with Gasteiger partial charge in [0.05, 0.1) is 0 Å². The fourth-order valence-electron chi connectivity index (χ4n) is 2.20. The molecule has 1 fully saturated rings. The lowest BCUT2D eigenvalue weighted by molar-refractivity contribution is 0.416. The van der Waals surface area contributed by atoms with E-state index < -0.39 is 0 Å². The first-order chi connectivity index (χ1) is 8.42. The molecule has 1 heteroatoms. The Morgan fingerprint density at radius 1 is 0.824 bits per heavy atom. The van der Waals surface area contributed by atoms with Crippen LogP contribution in [0.1, 0.15) is 30.7 Å². The van der Waals surface area contributed by atoms with Gasteiger partial charge in [-0.15, -0.1) is 0 Å². The van der Waals surface area contributed by atoms with E-state index in [1.54, 1.807) is 0 Å². The second-order valence-electron chi connectivity index (χ2n) is 4.62. The predicted molar refractivity (Wildman–Crippen MR) is 69.6 cm³/mol. The number of rotatable bonds is 3. The van der Waals surface area contributed by atoms with Crippen LogP contribution in [-0.2, 0) is 0 Å². The van der Waals surface area contributed by atoms with Crippen LogP contribution in [0.5, 0.6) is 11.5 Å². The average molecular weight is 224 g/mol. The van der Waals surface area contributed by atoms with E-state index in [2.05, 4.69) is 18.2 Å². The lowest BCUT2D eigenvalue weighted by atomic mass is 9.80. The van der Waals surface area contributed by atoms with Gasteiger partial charge in [0, 0.05) is 0 Å². The molecule has 1 aliphatic rings. The Balaban J connectivity index is 1.79. The van der Waals surface area contributed by atoms with Crippen molar-refractivity contribution in [2.45, 2.75) is 25.2 Å². The van der Waals surface area contributed by atoms with Crippen LogP contribution in [0, 0.1) is 0 Å². The summed E-state index contributed by atoms with van der Waals surface area (Å²) in [6, 6.07) is 18.4. The van der Waals surface area contributed by atoms with Crippen LogP contribution in [0.25, 0.3) is 0 Å². The second kappa shape index (κ2) is 4.62. The summed E-state index contributed by atoms with van der Waals surface area (Å²) in [6.45, 7) is 0. The van der Waals surface area contributed by atoms with Gasteiger partial charge in [-0.2, -0.15) is 0 Å². The summed E-state index contributed by atoms with van der Waals surface area (Å²) in [5.41, 5.74) is 1.42. The summed E-state index contributed by atoms with van der Waals surface area (Å²) < 4.78 is 5.84. The highest BCUT2D eigenvalue weighted by molar-refractivity contribution is 5.35. The largest absolute Gasteiger partial charge is 0.457 e. The van der Waals surface area contributed by atoms with Gasteiger partial charge in [0.2, 0.25) is 0 Å². The zero-order valence-electron chi connectivity index (χ0n) is 9.80. The summed E-state index contributed by atoms with van der Waals surface area (Å²) in [6.07, 6.45) is 4.03. The van der Waals surface area contributed by atoms with Gasteiger partial charge in [-0.3, -0.25) is 0 Å². The SMILES string of the molecule is c1ccc(Oc2cccc(C3CCC3)c2)cc1. The van der Waals surface area contributed by atoms with Gasteiger partial charge in [-0.05, 0) is 48.6 Å². The second-order valence-corrected chi connectivity index (χ2v) is 4.62. The van der Waals surface area contributed by atoms with Crippen molar-refractivity contribution in [3.63, 3.8) is 0 Å². The van der Waals surface area contributed by atoms with Gasteiger partial charge in [0.15, 0.2) is 0 Å². The lowest BCUT2D eigenvalue weighted by Gasteiger charge is -2.26. The molecule has 1 saturated carbocycles. The molecule has 17 heavy (non-hydrogen) atoms. The van der Waals surface area contributed by atoms with E-state index in [1.165, 1.54) is 24.8 Å². The van der Waals surface area contributed by atoms with E-state index in [1.807, 2.05) is 36.4 Å². The molecule has 1 nitrogen and oxygen atoms in total. The number of hydrogen-bond acceptors (Lipinski definition) is 1. The first-order valence-electron chi connectivity index (χ1n) is 6.25. The molecule has 0 aromatic heterocycles. The first kappa shape index (κ1) is 10.4. The quantitative estimate of drug-likeness (QED) is 0.731. The van der Waals surface area contributed by atoms with E-state index in [0.29, 0.717) is 0 Å². The Morgan fingerprint density at radius 3 is 2.29 bits per heavy atom. The summed E-state index contributed by atoms with van der Waals surface area (Å²) in [5.74, 6) is 2.60. The Morgan fingerprint density at radius 2 is 1.59 bits per heavy atom. The van der Waals surface area contributed by atoms with Gasteiger partial charge in [-0.1, -0.05) is 36.8 Å². The van der Waals surface area contributed by atoms with Crippen molar-refractivity contribution >= 4 is 0 Å². The van der Waals surface area contributed by atoms with Gasteiger partial charge in [-0.25, -0.2) is 0 Å². The van der Waals surface area contributed by atoms with E-state index in [4.69, 9.17) is 4.74 Å². The molecular formula is C16H16O. The smallest absolute Gasteiger partial charge is 0.127 e. The highest BCUT2D eigenvalue weighted by Crippen LogP contribution is 2.37. The minimum absolute atomic E-state index is 0.759. The van der Waals surface area contributed by atoms with Gasteiger partial charge in [0.1, 0.15) is 11.5 Å². The number of ether oxygens (including phenoxy) is 1. The van der Waals surface area contributed by atoms with Crippen LogP contribution in [0.4, 0.5) is 0 Å². The van der Waals surface area contributed by atoms with Crippen molar-refractivity contribution < 1.29 is 4.74 Å². The molecule has 2 aromatic carbocycles. The predicted octanol–water partition coefficient (Wildman–Crippen LogP) is 4.75. The van der Waals surface area contributed by atoms with Gasteiger partial charge in [0.25, 0.3) is 0 Å². The standard InChI is InChI=1S/C16H16O/c1-2-9-15(10-3-1)17-16-11-5-8-14(12-16)13-6-4-7-13/h1-3,5,8-13H,4,6-7H2. The van der Waals surface area contributed by atoms with Crippen LogP contribution in [0.15, 0.2) is 54.6 Å². The Bertz CT molecular complexity index is 486. The fraction of sp³-hybridized carbons (Fsp3) is 0.250. The molecule has 0 heterocycles. The molecule has 2 aromatic rings. The molecule has 86 valence electrons. The maximum atomic E-state index is 5.84. The Hall–Kier alpha value is -1.76. The van der Waals surface area contributed by atoms with Crippen LogP contribution in [0.2, 0.25) is 0 Å². The Labute approximate surface area is 102 Å². The van der Waals surface area contributed by atoms with E-state index >= 15 is 0 Å². The topological polar surface area (TPSA) is 9.23 Å². The number of benzene rings is 2. The normalized spacial score (nSPS) is 15.3. The van der Waals surface area contributed by atoms with Crippen molar-refractivity contribution in [3.8, 4) is 11.5 Å². The van der Waals surface area contributed by atoms with E-state index in [9.17, 15) is 0 Å². The molecule has 0 atom stereocenters. The van der Waals surface area contributed by atoms with E-state index in [-0.39, 0.29) is 0 Å². The average Bonchev–Trinajstić information content (AvgIpc) is 2.28. The molecule has 0 saturated heterocycles. The third-order valence-electron chi connectivity index (χ3n) is 3.41. The third kappa shape index (κ3) is 2.33. The molecule has 0 N–H and O–H groups in total. The zero-order chi connectivity index (χ0) is 11.5. The maximum absolute atomic E-state index is 5.84. The summed E-state index contributed by atoms with van der Waals surface area (Å²) in [7, 11) is 0. The van der Waals surface area contributed by atoms with Crippen LogP contribution in [0.3, 0.4) is 0 Å². The number of para-hydroxylation sites is 1. The first-order valence-corrected chi connectivity index (χ1v) is 6.25. The molecular weight excluding hydrogens is 208 g/mol. The fourth-order valence-corrected chi connectivity index (χ4v) is 2.20. The lowest BCUT2D eigenvalue weighted by Crippen LogP contribution is -2.08. The molecule has 0 unspecified atom stereocenters. The van der Waals surface area contributed by atoms with Crippen molar-refractivity contribution in [2.75, 3.05) is 0 Å². The summed E-state index contributed by atoms with van der Waals surface area (Å²) in [4.78, 5) is 0. The van der Waals surface area contributed by atoms with E-state index in [0.717, 1.165) is 17.4 Å². The highest BCUT2D eigenvalue weighted by atomic mass is 16.5.